The maximum absolute atomic E-state index is 12.8. The van der Waals surface area contributed by atoms with Crippen LogP contribution in [-0.4, -0.2) is 30.1 Å². The van der Waals surface area contributed by atoms with E-state index in [1.165, 1.54) is 37.6 Å². The smallest absolute Gasteiger partial charge is 0.271 e. The second-order valence-corrected chi connectivity index (χ2v) is 6.89. The summed E-state index contributed by atoms with van der Waals surface area (Å²) in [5, 5.41) is 14.0. The van der Waals surface area contributed by atoms with Crippen LogP contribution in [0.1, 0.15) is 31.8 Å². The van der Waals surface area contributed by atoms with Crippen molar-refractivity contribution in [2.45, 2.75) is 0 Å². The van der Waals surface area contributed by atoms with E-state index in [1.807, 2.05) is 0 Å². The SMILES string of the molecule is COc1ccc(C(=O)NN=Cc2ccc(Cl)c(C(=O)c3ccccc3)c2Cl)cc1O. The summed E-state index contributed by atoms with van der Waals surface area (Å²) in [7, 11) is 1.41. The topological polar surface area (TPSA) is 88.0 Å². The Labute approximate surface area is 182 Å². The minimum atomic E-state index is -0.546. The van der Waals surface area contributed by atoms with Gasteiger partial charge in [-0.05, 0) is 24.3 Å². The summed E-state index contributed by atoms with van der Waals surface area (Å²) < 4.78 is 4.94. The van der Waals surface area contributed by atoms with Gasteiger partial charge in [0.2, 0.25) is 0 Å². The van der Waals surface area contributed by atoms with Gasteiger partial charge in [0.1, 0.15) is 0 Å². The lowest BCUT2D eigenvalue weighted by Crippen LogP contribution is -2.17. The Balaban J connectivity index is 1.80. The molecule has 0 aliphatic rings. The molecule has 0 aliphatic heterocycles. The molecule has 0 heterocycles. The molecule has 0 radical (unpaired) electrons. The van der Waals surface area contributed by atoms with Gasteiger partial charge < -0.3 is 9.84 Å². The van der Waals surface area contributed by atoms with Crippen LogP contribution in [0.4, 0.5) is 0 Å². The van der Waals surface area contributed by atoms with Crippen molar-refractivity contribution in [2.24, 2.45) is 5.10 Å². The third-order valence-electron chi connectivity index (χ3n) is 4.19. The molecule has 0 aliphatic carbocycles. The number of carbonyl (C=O) groups excluding carboxylic acids is 2. The zero-order valence-electron chi connectivity index (χ0n) is 15.7. The van der Waals surface area contributed by atoms with Crippen LogP contribution in [0.3, 0.4) is 0 Å². The van der Waals surface area contributed by atoms with Gasteiger partial charge in [0, 0.05) is 16.7 Å². The fourth-order valence-corrected chi connectivity index (χ4v) is 3.26. The molecule has 0 fully saturated rings. The third-order valence-corrected chi connectivity index (χ3v) is 4.92. The third kappa shape index (κ3) is 4.62. The highest BCUT2D eigenvalue weighted by atomic mass is 35.5. The molecule has 152 valence electrons. The van der Waals surface area contributed by atoms with E-state index in [0.29, 0.717) is 11.1 Å². The zero-order chi connectivity index (χ0) is 21.7. The number of benzene rings is 3. The molecule has 0 unspecified atom stereocenters. The number of hydrogen-bond donors (Lipinski definition) is 2. The Morgan fingerprint density at radius 3 is 2.43 bits per heavy atom. The number of amides is 1. The van der Waals surface area contributed by atoms with Crippen molar-refractivity contribution in [1.29, 1.82) is 0 Å². The maximum Gasteiger partial charge on any atom is 0.271 e. The van der Waals surface area contributed by atoms with Gasteiger partial charge in [-0.1, -0.05) is 59.6 Å². The van der Waals surface area contributed by atoms with E-state index in [-0.39, 0.29) is 38.5 Å². The van der Waals surface area contributed by atoms with Crippen LogP contribution >= 0.6 is 23.2 Å². The highest BCUT2D eigenvalue weighted by Gasteiger charge is 2.18. The summed E-state index contributed by atoms with van der Waals surface area (Å²) in [6.07, 6.45) is 1.31. The molecule has 0 atom stereocenters. The first-order valence-corrected chi connectivity index (χ1v) is 9.46. The molecule has 6 nitrogen and oxygen atoms in total. The first-order chi connectivity index (χ1) is 14.4. The largest absolute Gasteiger partial charge is 0.504 e. The van der Waals surface area contributed by atoms with Gasteiger partial charge in [0.05, 0.1) is 28.9 Å². The second-order valence-electron chi connectivity index (χ2n) is 6.11. The number of phenols is 1. The van der Waals surface area contributed by atoms with Gasteiger partial charge in [-0.25, -0.2) is 5.43 Å². The quantitative estimate of drug-likeness (QED) is 0.328. The van der Waals surface area contributed by atoms with Gasteiger partial charge in [-0.3, -0.25) is 9.59 Å². The minimum absolute atomic E-state index is 0.122. The molecule has 30 heavy (non-hydrogen) atoms. The number of ketones is 1. The molecule has 0 saturated heterocycles. The van der Waals surface area contributed by atoms with E-state index in [0.717, 1.165) is 0 Å². The molecule has 3 aromatic rings. The van der Waals surface area contributed by atoms with Gasteiger partial charge in [0.15, 0.2) is 17.3 Å². The van der Waals surface area contributed by atoms with Crippen LogP contribution in [0.25, 0.3) is 0 Å². The average molecular weight is 443 g/mol. The lowest BCUT2D eigenvalue weighted by Gasteiger charge is -2.09. The van der Waals surface area contributed by atoms with E-state index in [9.17, 15) is 14.7 Å². The van der Waals surface area contributed by atoms with E-state index in [4.69, 9.17) is 27.9 Å². The van der Waals surface area contributed by atoms with Crippen molar-refractivity contribution < 1.29 is 19.4 Å². The monoisotopic (exact) mass is 442 g/mol. The summed E-state index contributed by atoms with van der Waals surface area (Å²) in [6.45, 7) is 0. The Morgan fingerprint density at radius 2 is 1.77 bits per heavy atom. The number of nitrogens with zero attached hydrogens (tertiary/aromatic N) is 1. The van der Waals surface area contributed by atoms with Crippen LogP contribution in [0, 0.1) is 0 Å². The Hall–Kier alpha value is -3.35. The molecule has 0 saturated carbocycles. The lowest BCUT2D eigenvalue weighted by atomic mass is 10.0. The predicted octanol–water partition coefficient (Wildman–Crippen LogP) is 4.70. The van der Waals surface area contributed by atoms with Crippen LogP contribution in [0.15, 0.2) is 65.8 Å². The van der Waals surface area contributed by atoms with E-state index >= 15 is 0 Å². The first-order valence-electron chi connectivity index (χ1n) is 8.70. The summed E-state index contributed by atoms with van der Waals surface area (Å²) in [5.41, 5.74) is 3.52. The number of phenolic OH excluding ortho intramolecular Hbond substituents is 1. The number of ether oxygens (including phenoxy) is 1. The molecule has 0 aromatic heterocycles. The molecular weight excluding hydrogens is 427 g/mol. The fourth-order valence-electron chi connectivity index (χ4n) is 2.67. The second kappa shape index (κ2) is 9.43. The molecule has 0 bridgehead atoms. The van der Waals surface area contributed by atoms with Crippen LogP contribution in [0.5, 0.6) is 11.5 Å². The van der Waals surface area contributed by atoms with Gasteiger partial charge in [0.25, 0.3) is 5.91 Å². The summed E-state index contributed by atoms with van der Waals surface area (Å²) in [6, 6.07) is 15.9. The van der Waals surface area contributed by atoms with Gasteiger partial charge >= 0.3 is 0 Å². The normalized spacial score (nSPS) is 10.8. The van der Waals surface area contributed by atoms with Crippen LogP contribution in [0.2, 0.25) is 10.0 Å². The number of hydrogen-bond acceptors (Lipinski definition) is 5. The van der Waals surface area contributed by atoms with Crippen molar-refractivity contribution in [3.05, 3.63) is 93.0 Å². The number of methoxy groups -OCH3 is 1. The number of carbonyl (C=O) groups is 2. The van der Waals surface area contributed by atoms with Gasteiger partial charge in [-0.15, -0.1) is 0 Å². The summed E-state index contributed by atoms with van der Waals surface area (Å²) >= 11 is 12.6. The number of nitrogens with one attached hydrogen (secondary N) is 1. The Morgan fingerprint density at radius 1 is 1.03 bits per heavy atom. The summed E-state index contributed by atoms with van der Waals surface area (Å²) in [5.74, 6) is -0.786. The lowest BCUT2D eigenvalue weighted by molar-refractivity contribution is 0.0954. The van der Waals surface area contributed by atoms with Gasteiger partial charge in [-0.2, -0.15) is 5.10 Å². The number of halogens is 2. The highest BCUT2D eigenvalue weighted by molar-refractivity contribution is 6.42. The molecule has 2 N–H and O–H groups in total. The molecule has 1 amide bonds. The van der Waals surface area contributed by atoms with E-state index < -0.39 is 5.91 Å². The van der Waals surface area contributed by atoms with E-state index in [2.05, 4.69) is 10.5 Å². The van der Waals surface area contributed by atoms with Crippen molar-refractivity contribution in [3.8, 4) is 11.5 Å². The van der Waals surface area contributed by atoms with Crippen molar-refractivity contribution in [3.63, 3.8) is 0 Å². The zero-order valence-corrected chi connectivity index (χ0v) is 17.2. The molecule has 3 aromatic carbocycles. The number of rotatable bonds is 6. The van der Waals surface area contributed by atoms with Crippen molar-refractivity contribution in [1.82, 2.24) is 5.43 Å². The fraction of sp³-hybridized carbons (Fsp3) is 0.0455. The molecule has 8 heteroatoms. The predicted molar refractivity (Wildman–Crippen MR) is 116 cm³/mol. The number of hydrazone groups is 1. The van der Waals surface area contributed by atoms with Crippen molar-refractivity contribution in [2.75, 3.05) is 7.11 Å². The Kier molecular flexibility index (Phi) is 6.72. The molecule has 3 rings (SSSR count). The average Bonchev–Trinajstić information content (AvgIpc) is 2.75. The standard InChI is InChI=1S/C22H16Cl2N2O4/c1-30-18-10-8-14(11-17(18)27)22(29)26-25-12-15-7-9-16(23)19(20(15)24)21(28)13-5-3-2-4-6-13/h2-12,27H,1H3,(H,26,29). The molecule has 0 spiro atoms. The maximum atomic E-state index is 12.8. The van der Waals surface area contributed by atoms with Crippen molar-refractivity contribution >= 4 is 41.1 Å². The number of aromatic hydroxyl groups is 1. The van der Waals surface area contributed by atoms with Crippen LogP contribution < -0.4 is 10.2 Å². The highest BCUT2D eigenvalue weighted by Crippen LogP contribution is 2.30. The first kappa shape index (κ1) is 21.4. The van der Waals surface area contributed by atoms with Crippen LogP contribution in [-0.2, 0) is 0 Å². The minimum Gasteiger partial charge on any atom is -0.504 e. The Bertz CT molecular complexity index is 1130. The molecular formula is C22H16Cl2N2O4. The summed E-state index contributed by atoms with van der Waals surface area (Å²) in [4.78, 5) is 25.0. The van der Waals surface area contributed by atoms with E-state index in [1.54, 1.807) is 36.4 Å².